The molecule has 3 rings (SSSR count). The van der Waals surface area contributed by atoms with E-state index in [9.17, 15) is 5.11 Å². The van der Waals surface area contributed by atoms with E-state index < -0.39 is 0 Å². The lowest BCUT2D eigenvalue weighted by atomic mass is 10.00. The highest BCUT2D eigenvalue weighted by molar-refractivity contribution is 9.10. The first-order chi connectivity index (χ1) is 9.19. The van der Waals surface area contributed by atoms with Crippen molar-refractivity contribution in [2.45, 2.75) is 25.9 Å². The summed E-state index contributed by atoms with van der Waals surface area (Å²) in [6.07, 6.45) is 3.75. The van der Waals surface area contributed by atoms with Crippen LogP contribution in [0.1, 0.15) is 19.8 Å². The van der Waals surface area contributed by atoms with Gasteiger partial charge in [-0.25, -0.2) is 4.98 Å². The summed E-state index contributed by atoms with van der Waals surface area (Å²) in [5.41, 5.74) is 0. The molecular formula is C13H19BrN4O. The number of aliphatic hydroxyl groups excluding tert-OH is 1. The van der Waals surface area contributed by atoms with E-state index in [0.717, 1.165) is 42.8 Å². The number of rotatable bonds is 3. The van der Waals surface area contributed by atoms with Crippen molar-refractivity contribution in [3.63, 3.8) is 0 Å². The first-order valence-corrected chi connectivity index (χ1v) is 7.67. The number of aromatic nitrogens is 2. The molecule has 0 bridgehead atoms. The van der Waals surface area contributed by atoms with Crippen molar-refractivity contribution in [2.24, 2.45) is 11.8 Å². The minimum absolute atomic E-state index is 0.135. The summed E-state index contributed by atoms with van der Waals surface area (Å²) in [4.78, 5) is 11.1. The van der Waals surface area contributed by atoms with Gasteiger partial charge in [-0.1, -0.05) is 0 Å². The summed E-state index contributed by atoms with van der Waals surface area (Å²) in [6.45, 7) is 4.72. The molecular weight excluding hydrogens is 308 g/mol. The Morgan fingerprint density at radius 2 is 2.32 bits per heavy atom. The van der Waals surface area contributed by atoms with E-state index in [1.165, 1.54) is 0 Å². The second-order valence-electron chi connectivity index (χ2n) is 5.37. The van der Waals surface area contributed by atoms with Gasteiger partial charge < -0.3 is 15.3 Å². The third-order valence-electron chi connectivity index (χ3n) is 4.18. The average Bonchev–Trinajstić information content (AvgIpc) is 2.95. The van der Waals surface area contributed by atoms with Crippen LogP contribution in [0.4, 0.5) is 11.8 Å². The van der Waals surface area contributed by atoms with E-state index in [4.69, 9.17) is 0 Å². The summed E-state index contributed by atoms with van der Waals surface area (Å²) in [5.74, 6) is 2.62. The third-order valence-corrected chi connectivity index (χ3v) is 4.74. The Labute approximate surface area is 121 Å². The SMILES string of the molecule is CCNc1ncc(Br)c(N2CC3CCC(O)C3C2)n1. The van der Waals surface area contributed by atoms with Crippen LogP contribution >= 0.6 is 15.9 Å². The van der Waals surface area contributed by atoms with Gasteiger partial charge in [-0.3, -0.25) is 0 Å². The minimum atomic E-state index is -0.135. The summed E-state index contributed by atoms with van der Waals surface area (Å²) < 4.78 is 0.920. The van der Waals surface area contributed by atoms with Crippen LogP contribution in [-0.4, -0.2) is 40.8 Å². The predicted molar refractivity (Wildman–Crippen MR) is 78.3 cm³/mol. The summed E-state index contributed by atoms with van der Waals surface area (Å²) in [5, 5.41) is 13.1. The van der Waals surface area contributed by atoms with Crippen molar-refractivity contribution in [3.05, 3.63) is 10.7 Å². The fraction of sp³-hybridized carbons (Fsp3) is 0.692. The second kappa shape index (κ2) is 5.25. The van der Waals surface area contributed by atoms with Gasteiger partial charge in [-0.15, -0.1) is 0 Å². The summed E-state index contributed by atoms with van der Waals surface area (Å²) in [7, 11) is 0. The zero-order valence-corrected chi connectivity index (χ0v) is 12.6. The van der Waals surface area contributed by atoms with E-state index in [1.807, 2.05) is 6.92 Å². The van der Waals surface area contributed by atoms with Crippen molar-refractivity contribution >= 4 is 27.7 Å². The normalized spacial score (nSPS) is 29.6. The van der Waals surface area contributed by atoms with Gasteiger partial charge >= 0.3 is 0 Å². The quantitative estimate of drug-likeness (QED) is 0.888. The first-order valence-electron chi connectivity index (χ1n) is 6.88. The Morgan fingerprint density at radius 3 is 3.05 bits per heavy atom. The standard InChI is InChI=1S/C13H19BrN4O/c1-2-15-13-16-5-10(14)12(17-13)18-6-8-3-4-11(19)9(8)7-18/h5,8-9,11,19H,2-4,6-7H2,1H3,(H,15,16,17). The molecule has 3 unspecified atom stereocenters. The highest BCUT2D eigenvalue weighted by Crippen LogP contribution is 2.40. The van der Waals surface area contributed by atoms with Gasteiger partial charge in [0.25, 0.3) is 0 Å². The molecule has 1 saturated heterocycles. The zero-order chi connectivity index (χ0) is 13.4. The van der Waals surface area contributed by atoms with Crippen LogP contribution in [0.25, 0.3) is 0 Å². The van der Waals surface area contributed by atoms with Crippen molar-refractivity contribution in [1.82, 2.24) is 9.97 Å². The molecule has 2 heterocycles. The number of nitrogens with zero attached hydrogens (tertiary/aromatic N) is 3. The van der Waals surface area contributed by atoms with Crippen LogP contribution in [0.3, 0.4) is 0 Å². The zero-order valence-electron chi connectivity index (χ0n) is 11.0. The average molecular weight is 327 g/mol. The van der Waals surface area contributed by atoms with Crippen LogP contribution in [0.5, 0.6) is 0 Å². The van der Waals surface area contributed by atoms with Gasteiger partial charge in [0.1, 0.15) is 5.82 Å². The molecule has 1 aromatic heterocycles. The molecule has 0 radical (unpaired) electrons. The van der Waals surface area contributed by atoms with Gasteiger partial charge in [0.15, 0.2) is 0 Å². The number of halogens is 1. The van der Waals surface area contributed by atoms with Crippen LogP contribution in [0.2, 0.25) is 0 Å². The second-order valence-corrected chi connectivity index (χ2v) is 6.22. The Bertz CT molecular complexity index is 470. The summed E-state index contributed by atoms with van der Waals surface area (Å²) >= 11 is 3.53. The van der Waals surface area contributed by atoms with Crippen molar-refractivity contribution < 1.29 is 5.11 Å². The predicted octanol–water partition coefficient (Wildman–Crippen LogP) is 1.88. The molecule has 1 aliphatic carbocycles. The molecule has 1 aromatic rings. The molecule has 0 amide bonds. The monoisotopic (exact) mass is 326 g/mol. The maximum atomic E-state index is 9.99. The molecule has 2 N–H and O–H groups in total. The Balaban J connectivity index is 1.81. The molecule has 19 heavy (non-hydrogen) atoms. The number of hydrogen-bond acceptors (Lipinski definition) is 5. The van der Waals surface area contributed by atoms with Gasteiger partial charge in [-0.2, -0.15) is 4.98 Å². The molecule has 1 aliphatic heterocycles. The number of anilines is 2. The molecule has 5 nitrogen and oxygen atoms in total. The van der Waals surface area contributed by atoms with E-state index in [1.54, 1.807) is 6.20 Å². The molecule has 2 fully saturated rings. The minimum Gasteiger partial charge on any atom is -0.393 e. The topological polar surface area (TPSA) is 61.3 Å². The molecule has 104 valence electrons. The van der Waals surface area contributed by atoms with Crippen molar-refractivity contribution in [3.8, 4) is 0 Å². The van der Waals surface area contributed by atoms with Crippen LogP contribution in [0.15, 0.2) is 10.7 Å². The first kappa shape index (κ1) is 13.1. The Kier molecular flexibility index (Phi) is 3.62. The Morgan fingerprint density at radius 1 is 1.47 bits per heavy atom. The van der Waals surface area contributed by atoms with Gasteiger partial charge in [0, 0.05) is 31.7 Å². The lowest BCUT2D eigenvalue weighted by Gasteiger charge is -2.21. The largest absolute Gasteiger partial charge is 0.393 e. The number of aliphatic hydroxyl groups is 1. The van der Waals surface area contributed by atoms with E-state index in [-0.39, 0.29) is 6.10 Å². The lowest BCUT2D eigenvalue weighted by Crippen LogP contribution is -2.25. The number of fused-ring (bicyclic) bond motifs is 1. The molecule has 0 aromatic carbocycles. The maximum absolute atomic E-state index is 9.99. The van der Waals surface area contributed by atoms with Gasteiger partial charge in [0.2, 0.25) is 5.95 Å². The van der Waals surface area contributed by atoms with E-state index >= 15 is 0 Å². The fourth-order valence-electron chi connectivity index (χ4n) is 3.23. The summed E-state index contributed by atoms with van der Waals surface area (Å²) in [6, 6.07) is 0. The molecule has 0 spiro atoms. The number of hydrogen-bond donors (Lipinski definition) is 2. The molecule has 2 aliphatic rings. The maximum Gasteiger partial charge on any atom is 0.224 e. The van der Waals surface area contributed by atoms with Crippen molar-refractivity contribution in [1.29, 1.82) is 0 Å². The Hall–Kier alpha value is -0.880. The van der Waals surface area contributed by atoms with Crippen LogP contribution in [-0.2, 0) is 0 Å². The number of nitrogens with one attached hydrogen (secondary N) is 1. The van der Waals surface area contributed by atoms with Gasteiger partial charge in [0.05, 0.1) is 10.6 Å². The van der Waals surface area contributed by atoms with E-state index in [0.29, 0.717) is 17.8 Å². The highest BCUT2D eigenvalue weighted by atomic mass is 79.9. The fourth-order valence-corrected chi connectivity index (χ4v) is 3.67. The van der Waals surface area contributed by atoms with Gasteiger partial charge in [-0.05, 0) is 41.6 Å². The smallest absolute Gasteiger partial charge is 0.224 e. The van der Waals surface area contributed by atoms with E-state index in [2.05, 4.69) is 36.1 Å². The van der Waals surface area contributed by atoms with Crippen LogP contribution in [0, 0.1) is 11.8 Å². The molecule has 1 saturated carbocycles. The lowest BCUT2D eigenvalue weighted by molar-refractivity contribution is 0.133. The third kappa shape index (κ3) is 2.43. The molecule has 3 atom stereocenters. The van der Waals surface area contributed by atoms with Crippen molar-refractivity contribution in [2.75, 3.05) is 29.9 Å². The van der Waals surface area contributed by atoms with Crippen LogP contribution < -0.4 is 10.2 Å². The molecule has 6 heteroatoms. The highest BCUT2D eigenvalue weighted by Gasteiger charge is 2.42.